The molecule has 0 saturated heterocycles. The maximum absolute atomic E-state index is 11.0. The number of carbonyl (C=O) groups excluding carboxylic acids is 1. The highest BCUT2D eigenvalue weighted by Gasteiger charge is 2.35. The van der Waals surface area contributed by atoms with E-state index < -0.39 is 0 Å². The number of carbonyl (C=O) groups is 1. The van der Waals surface area contributed by atoms with Crippen molar-refractivity contribution >= 4 is 28.5 Å². The Morgan fingerprint density at radius 1 is 1.46 bits per heavy atom. The minimum atomic E-state index is 0.173. The highest BCUT2D eigenvalue weighted by molar-refractivity contribution is 14.1. The highest BCUT2D eigenvalue weighted by Crippen LogP contribution is 2.42. The fourth-order valence-electron chi connectivity index (χ4n) is 2.42. The fourth-order valence-corrected chi connectivity index (χ4v) is 2.69. The van der Waals surface area contributed by atoms with Gasteiger partial charge < -0.3 is 5.32 Å². The first-order chi connectivity index (χ1) is 6.29. The van der Waals surface area contributed by atoms with Gasteiger partial charge in [-0.1, -0.05) is 34.7 Å². The van der Waals surface area contributed by atoms with E-state index in [1.165, 1.54) is 12.8 Å². The molecule has 2 rings (SSSR count). The van der Waals surface area contributed by atoms with Crippen molar-refractivity contribution in [3.63, 3.8) is 0 Å². The molecule has 2 aliphatic rings. The predicted molar refractivity (Wildman–Crippen MR) is 60.7 cm³/mol. The molecular formula is C10H14INO. The lowest BCUT2D eigenvalue weighted by Crippen LogP contribution is -2.31. The van der Waals surface area contributed by atoms with Crippen molar-refractivity contribution in [3.8, 4) is 0 Å². The average Bonchev–Trinajstić information content (AvgIpc) is 2.74. The Labute approximate surface area is 92.3 Å². The summed E-state index contributed by atoms with van der Waals surface area (Å²) in [7, 11) is 0. The van der Waals surface area contributed by atoms with Crippen LogP contribution in [-0.4, -0.2) is 16.9 Å². The van der Waals surface area contributed by atoms with Gasteiger partial charge in [0.15, 0.2) is 0 Å². The quantitative estimate of drug-likeness (QED) is 0.479. The number of rotatable bonds is 3. The molecule has 1 amide bonds. The van der Waals surface area contributed by atoms with Gasteiger partial charge in [0.05, 0.1) is 4.43 Å². The van der Waals surface area contributed by atoms with Crippen LogP contribution in [0.15, 0.2) is 12.2 Å². The van der Waals surface area contributed by atoms with Crippen LogP contribution < -0.4 is 5.32 Å². The second kappa shape index (κ2) is 3.98. The van der Waals surface area contributed by atoms with Gasteiger partial charge in [0, 0.05) is 6.54 Å². The number of allylic oxidation sites excluding steroid dienone is 2. The van der Waals surface area contributed by atoms with E-state index >= 15 is 0 Å². The van der Waals surface area contributed by atoms with Crippen LogP contribution in [0.5, 0.6) is 0 Å². The van der Waals surface area contributed by atoms with E-state index in [0.717, 1.165) is 18.4 Å². The minimum absolute atomic E-state index is 0.173. The number of hydrogen-bond acceptors (Lipinski definition) is 1. The Morgan fingerprint density at radius 2 is 2.31 bits per heavy atom. The third-order valence-electron chi connectivity index (χ3n) is 3.10. The second-order valence-electron chi connectivity index (χ2n) is 3.98. The smallest absolute Gasteiger partial charge is 0.229 e. The number of halogens is 1. The lowest BCUT2D eigenvalue weighted by Gasteiger charge is -2.17. The molecule has 1 N–H and O–H groups in total. The molecule has 2 bridgehead atoms. The Hall–Kier alpha value is -0.0600. The Morgan fingerprint density at radius 3 is 2.85 bits per heavy atom. The zero-order valence-corrected chi connectivity index (χ0v) is 9.66. The van der Waals surface area contributed by atoms with Crippen LogP contribution in [0.25, 0.3) is 0 Å². The van der Waals surface area contributed by atoms with Crippen molar-refractivity contribution in [2.75, 3.05) is 11.0 Å². The van der Waals surface area contributed by atoms with Crippen LogP contribution in [0.3, 0.4) is 0 Å². The molecule has 72 valence electrons. The number of nitrogens with one attached hydrogen (secondary N) is 1. The third kappa shape index (κ3) is 2.06. The van der Waals surface area contributed by atoms with Gasteiger partial charge in [-0.05, 0) is 30.6 Å². The van der Waals surface area contributed by atoms with Gasteiger partial charge in [-0.15, -0.1) is 0 Å². The van der Waals surface area contributed by atoms with Gasteiger partial charge in [-0.3, -0.25) is 4.79 Å². The molecule has 2 aliphatic carbocycles. The van der Waals surface area contributed by atoms with Crippen molar-refractivity contribution in [1.29, 1.82) is 0 Å². The number of hydrogen-bond donors (Lipinski definition) is 1. The Kier molecular flexibility index (Phi) is 2.91. The fraction of sp³-hybridized carbons (Fsp3) is 0.700. The van der Waals surface area contributed by atoms with Gasteiger partial charge in [-0.25, -0.2) is 0 Å². The topological polar surface area (TPSA) is 29.1 Å². The summed E-state index contributed by atoms with van der Waals surface area (Å²) in [5.74, 6) is 2.44. The maximum atomic E-state index is 11.0. The number of alkyl halides is 1. The molecule has 3 heteroatoms. The Balaban J connectivity index is 1.78. The standard InChI is InChI=1S/C10H14INO/c11-5-10(13)12-6-9-4-7-1-2-8(9)3-7/h1-2,7-9H,3-6H2,(H,12,13). The van der Waals surface area contributed by atoms with Crippen molar-refractivity contribution in [2.24, 2.45) is 17.8 Å². The van der Waals surface area contributed by atoms with E-state index in [4.69, 9.17) is 0 Å². The average molecular weight is 291 g/mol. The van der Waals surface area contributed by atoms with E-state index in [1.54, 1.807) is 0 Å². The summed E-state index contributed by atoms with van der Waals surface area (Å²) in [5.41, 5.74) is 0. The van der Waals surface area contributed by atoms with Crippen molar-refractivity contribution in [3.05, 3.63) is 12.2 Å². The maximum Gasteiger partial charge on any atom is 0.229 e. The van der Waals surface area contributed by atoms with E-state index in [1.807, 2.05) is 0 Å². The Bertz CT molecular complexity index is 239. The number of amides is 1. The molecule has 2 nitrogen and oxygen atoms in total. The molecule has 0 spiro atoms. The van der Waals surface area contributed by atoms with Crippen LogP contribution in [-0.2, 0) is 4.79 Å². The first-order valence-corrected chi connectivity index (χ1v) is 6.33. The third-order valence-corrected chi connectivity index (χ3v) is 3.79. The zero-order valence-electron chi connectivity index (χ0n) is 7.50. The lowest BCUT2D eigenvalue weighted by molar-refractivity contribution is -0.118. The predicted octanol–water partition coefficient (Wildman–Crippen LogP) is 1.75. The first-order valence-electron chi connectivity index (χ1n) is 4.80. The molecule has 1 fully saturated rings. The molecule has 3 atom stereocenters. The first kappa shape index (κ1) is 9.49. The molecule has 3 unspecified atom stereocenters. The molecular weight excluding hydrogens is 277 g/mol. The van der Waals surface area contributed by atoms with Crippen molar-refractivity contribution in [1.82, 2.24) is 5.32 Å². The molecule has 0 aromatic heterocycles. The molecule has 0 aromatic carbocycles. The molecule has 0 heterocycles. The van der Waals surface area contributed by atoms with Gasteiger partial charge >= 0.3 is 0 Å². The van der Waals surface area contributed by atoms with E-state index in [-0.39, 0.29) is 5.91 Å². The zero-order chi connectivity index (χ0) is 9.26. The summed E-state index contributed by atoms with van der Waals surface area (Å²) in [4.78, 5) is 11.0. The summed E-state index contributed by atoms with van der Waals surface area (Å²) >= 11 is 2.10. The van der Waals surface area contributed by atoms with Crippen LogP contribution in [0, 0.1) is 17.8 Å². The van der Waals surface area contributed by atoms with Crippen LogP contribution in [0.1, 0.15) is 12.8 Å². The summed E-state index contributed by atoms with van der Waals surface area (Å²) in [6.45, 7) is 0.882. The number of fused-ring (bicyclic) bond motifs is 2. The van der Waals surface area contributed by atoms with E-state index in [2.05, 4.69) is 40.1 Å². The largest absolute Gasteiger partial charge is 0.355 e. The van der Waals surface area contributed by atoms with Gasteiger partial charge in [0.2, 0.25) is 5.91 Å². The molecule has 0 radical (unpaired) electrons. The highest BCUT2D eigenvalue weighted by atomic mass is 127. The molecule has 1 saturated carbocycles. The van der Waals surface area contributed by atoms with Gasteiger partial charge in [-0.2, -0.15) is 0 Å². The van der Waals surface area contributed by atoms with Crippen molar-refractivity contribution < 1.29 is 4.79 Å². The summed E-state index contributed by atoms with van der Waals surface area (Å²) < 4.78 is 0.578. The normalized spacial score (nSPS) is 35.3. The van der Waals surface area contributed by atoms with Crippen LogP contribution in [0.4, 0.5) is 0 Å². The van der Waals surface area contributed by atoms with E-state index in [9.17, 15) is 4.79 Å². The van der Waals surface area contributed by atoms with Crippen LogP contribution >= 0.6 is 22.6 Å². The van der Waals surface area contributed by atoms with Gasteiger partial charge in [0.25, 0.3) is 0 Å². The molecule has 0 aliphatic heterocycles. The molecule has 13 heavy (non-hydrogen) atoms. The lowest BCUT2D eigenvalue weighted by atomic mass is 9.94. The second-order valence-corrected chi connectivity index (χ2v) is 4.74. The summed E-state index contributed by atoms with van der Waals surface area (Å²) in [6, 6.07) is 0. The van der Waals surface area contributed by atoms with Gasteiger partial charge in [0.1, 0.15) is 0 Å². The van der Waals surface area contributed by atoms with E-state index in [0.29, 0.717) is 10.3 Å². The SMILES string of the molecule is O=C(CI)NCC1CC2C=CC1C2. The monoisotopic (exact) mass is 291 g/mol. The summed E-state index contributed by atoms with van der Waals surface area (Å²) in [6.07, 6.45) is 7.27. The molecule has 0 aromatic rings. The summed E-state index contributed by atoms with van der Waals surface area (Å²) in [5, 5.41) is 2.98. The van der Waals surface area contributed by atoms with Crippen molar-refractivity contribution in [2.45, 2.75) is 12.8 Å². The van der Waals surface area contributed by atoms with Crippen LogP contribution in [0.2, 0.25) is 0 Å². The minimum Gasteiger partial charge on any atom is -0.355 e.